The number of fused-ring (bicyclic) bond motifs is 1. The summed E-state index contributed by atoms with van der Waals surface area (Å²) in [5.74, 6) is -0.380. The zero-order valence-corrected chi connectivity index (χ0v) is 17.0. The van der Waals surface area contributed by atoms with Crippen molar-refractivity contribution in [1.82, 2.24) is 14.3 Å². The van der Waals surface area contributed by atoms with Gasteiger partial charge in [0.05, 0.1) is 13.0 Å². The molecule has 0 atom stereocenters. The molecule has 3 aromatic rings. The summed E-state index contributed by atoms with van der Waals surface area (Å²) in [7, 11) is 1.41. The van der Waals surface area contributed by atoms with Crippen LogP contribution in [-0.2, 0) is 9.53 Å². The summed E-state index contributed by atoms with van der Waals surface area (Å²) in [6, 6.07) is 12.0. The van der Waals surface area contributed by atoms with Crippen LogP contribution in [0.15, 0.2) is 42.6 Å². The van der Waals surface area contributed by atoms with Crippen LogP contribution in [-0.4, -0.2) is 46.4 Å². The minimum absolute atomic E-state index is 0.0537. The van der Waals surface area contributed by atoms with Crippen LogP contribution < -0.4 is 0 Å². The molecule has 0 N–H and O–H groups in total. The van der Waals surface area contributed by atoms with E-state index >= 15 is 0 Å². The highest BCUT2D eigenvalue weighted by atomic mass is 16.5. The molecule has 2 aromatic heterocycles. The van der Waals surface area contributed by atoms with E-state index in [0.717, 1.165) is 22.3 Å². The van der Waals surface area contributed by atoms with Gasteiger partial charge in [-0.3, -0.25) is 14.0 Å². The lowest BCUT2D eigenvalue weighted by Crippen LogP contribution is -2.41. The number of pyridine rings is 1. The SMILES string of the molecule is COC(=O)C1CCN(C(=O)c2c(-c3ccc(C)cc3)nc3ccc(C)cn23)CC1. The van der Waals surface area contributed by atoms with Gasteiger partial charge in [0.1, 0.15) is 17.0 Å². The maximum atomic E-state index is 13.5. The van der Waals surface area contributed by atoms with Crippen LogP contribution >= 0.6 is 0 Å². The smallest absolute Gasteiger partial charge is 0.308 e. The molecule has 0 bridgehead atoms. The number of amides is 1. The van der Waals surface area contributed by atoms with E-state index in [2.05, 4.69) is 0 Å². The van der Waals surface area contributed by atoms with E-state index in [4.69, 9.17) is 9.72 Å². The van der Waals surface area contributed by atoms with Gasteiger partial charge in [0, 0.05) is 24.8 Å². The molecule has 1 amide bonds. The zero-order valence-electron chi connectivity index (χ0n) is 17.0. The Kier molecular flexibility index (Phi) is 5.09. The van der Waals surface area contributed by atoms with Gasteiger partial charge in [-0.2, -0.15) is 0 Å². The second-order valence-electron chi connectivity index (χ2n) is 7.70. The molecule has 0 saturated carbocycles. The molecular formula is C23H25N3O3. The van der Waals surface area contributed by atoms with E-state index in [1.807, 2.05) is 65.7 Å². The molecule has 29 heavy (non-hydrogen) atoms. The van der Waals surface area contributed by atoms with E-state index in [1.54, 1.807) is 0 Å². The van der Waals surface area contributed by atoms with Crippen molar-refractivity contribution in [3.8, 4) is 11.3 Å². The summed E-state index contributed by atoms with van der Waals surface area (Å²) >= 11 is 0. The average molecular weight is 391 g/mol. The molecule has 6 heteroatoms. The molecule has 0 spiro atoms. The van der Waals surface area contributed by atoms with Gasteiger partial charge in [-0.25, -0.2) is 4.98 Å². The summed E-state index contributed by atoms with van der Waals surface area (Å²) in [4.78, 5) is 31.9. The highest BCUT2D eigenvalue weighted by Gasteiger charge is 2.31. The Balaban J connectivity index is 1.73. The van der Waals surface area contributed by atoms with Crippen molar-refractivity contribution in [2.45, 2.75) is 26.7 Å². The van der Waals surface area contributed by atoms with Gasteiger partial charge in [-0.05, 0) is 38.3 Å². The first-order valence-corrected chi connectivity index (χ1v) is 9.91. The van der Waals surface area contributed by atoms with Gasteiger partial charge >= 0.3 is 5.97 Å². The number of ether oxygens (including phenoxy) is 1. The third-order valence-corrected chi connectivity index (χ3v) is 5.61. The molecule has 150 valence electrons. The van der Waals surface area contributed by atoms with Gasteiger partial charge < -0.3 is 9.64 Å². The number of hydrogen-bond acceptors (Lipinski definition) is 4. The fourth-order valence-corrected chi connectivity index (χ4v) is 3.90. The summed E-state index contributed by atoms with van der Waals surface area (Å²) < 4.78 is 6.75. The van der Waals surface area contributed by atoms with Crippen molar-refractivity contribution in [1.29, 1.82) is 0 Å². The van der Waals surface area contributed by atoms with E-state index in [-0.39, 0.29) is 17.8 Å². The number of aromatic nitrogens is 2. The molecular weight excluding hydrogens is 366 g/mol. The van der Waals surface area contributed by atoms with Crippen molar-refractivity contribution >= 4 is 17.5 Å². The number of carbonyl (C=O) groups excluding carboxylic acids is 2. The van der Waals surface area contributed by atoms with Crippen molar-refractivity contribution in [3.05, 3.63) is 59.4 Å². The molecule has 1 aliphatic heterocycles. The minimum atomic E-state index is -0.192. The number of nitrogens with zero attached hydrogens (tertiary/aromatic N) is 3. The summed E-state index contributed by atoms with van der Waals surface area (Å²) in [5, 5.41) is 0. The number of carbonyl (C=O) groups is 2. The van der Waals surface area contributed by atoms with Crippen LogP contribution in [0.2, 0.25) is 0 Å². The maximum absolute atomic E-state index is 13.5. The third kappa shape index (κ3) is 3.62. The number of rotatable bonds is 3. The Labute approximate surface area is 170 Å². The summed E-state index contributed by atoms with van der Waals surface area (Å²) in [5.41, 5.74) is 5.15. The molecule has 4 rings (SSSR count). The highest BCUT2D eigenvalue weighted by Crippen LogP contribution is 2.28. The van der Waals surface area contributed by atoms with Crippen molar-refractivity contribution in [2.24, 2.45) is 5.92 Å². The summed E-state index contributed by atoms with van der Waals surface area (Å²) in [6.07, 6.45) is 3.19. The average Bonchev–Trinajstić information content (AvgIpc) is 3.11. The molecule has 0 unspecified atom stereocenters. The normalized spacial score (nSPS) is 14.9. The fourth-order valence-electron chi connectivity index (χ4n) is 3.90. The number of imidazole rings is 1. The Morgan fingerprint density at radius 1 is 1.00 bits per heavy atom. The molecule has 0 aliphatic carbocycles. The molecule has 0 radical (unpaired) electrons. The van der Waals surface area contributed by atoms with Crippen LogP contribution in [0.1, 0.15) is 34.5 Å². The third-order valence-electron chi connectivity index (χ3n) is 5.61. The van der Waals surface area contributed by atoms with E-state index in [1.165, 1.54) is 7.11 Å². The van der Waals surface area contributed by atoms with Gasteiger partial charge in [0.25, 0.3) is 5.91 Å². The second kappa shape index (κ2) is 7.70. The molecule has 3 heterocycles. The van der Waals surface area contributed by atoms with Gasteiger partial charge in [0.2, 0.25) is 0 Å². The fraction of sp³-hybridized carbons (Fsp3) is 0.348. The van der Waals surface area contributed by atoms with Crippen molar-refractivity contribution in [3.63, 3.8) is 0 Å². The maximum Gasteiger partial charge on any atom is 0.308 e. The van der Waals surface area contributed by atoms with Crippen LogP contribution in [0.25, 0.3) is 16.9 Å². The van der Waals surface area contributed by atoms with Gasteiger partial charge in [-0.1, -0.05) is 35.9 Å². The lowest BCUT2D eigenvalue weighted by molar-refractivity contribution is -0.146. The minimum Gasteiger partial charge on any atom is -0.469 e. The topological polar surface area (TPSA) is 63.9 Å². The monoisotopic (exact) mass is 391 g/mol. The van der Waals surface area contributed by atoms with Gasteiger partial charge in [-0.15, -0.1) is 0 Å². The van der Waals surface area contributed by atoms with Crippen LogP contribution in [0.4, 0.5) is 0 Å². The lowest BCUT2D eigenvalue weighted by Gasteiger charge is -2.30. The van der Waals surface area contributed by atoms with E-state index < -0.39 is 0 Å². The second-order valence-corrected chi connectivity index (χ2v) is 7.70. The predicted molar refractivity (Wildman–Crippen MR) is 111 cm³/mol. The molecule has 1 aliphatic rings. The lowest BCUT2D eigenvalue weighted by atomic mass is 9.96. The predicted octanol–water partition coefficient (Wildman–Crippen LogP) is 3.64. The summed E-state index contributed by atoms with van der Waals surface area (Å²) in [6.45, 7) is 5.10. The number of piperidine rings is 1. The first-order valence-electron chi connectivity index (χ1n) is 9.91. The van der Waals surface area contributed by atoms with Crippen molar-refractivity contribution in [2.75, 3.05) is 20.2 Å². The Morgan fingerprint density at radius 2 is 1.66 bits per heavy atom. The number of esters is 1. The quantitative estimate of drug-likeness (QED) is 0.640. The number of benzene rings is 1. The highest BCUT2D eigenvalue weighted by molar-refractivity contribution is 6.00. The van der Waals surface area contributed by atoms with Crippen molar-refractivity contribution < 1.29 is 14.3 Å². The van der Waals surface area contributed by atoms with E-state index in [9.17, 15) is 9.59 Å². The molecule has 1 saturated heterocycles. The molecule has 1 fully saturated rings. The van der Waals surface area contributed by atoms with Crippen LogP contribution in [0.3, 0.4) is 0 Å². The first-order chi connectivity index (χ1) is 14.0. The zero-order chi connectivity index (χ0) is 20.5. The molecule has 6 nitrogen and oxygen atoms in total. The number of hydrogen-bond donors (Lipinski definition) is 0. The van der Waals surface area contributed by atoms with Crippen LogP contribution in [0.5, 0.6) is 0 Å². The standard InChI is InChI=1S/C23H25N3O3/c1-15-4-7-17(8-5-15)20-21(26-14-16(2)6-9-19(26)24-20)22(27)25-12-10-18(11-13-25)23(28)29-3/h4-9,14,18H,10-13H2,1-3H3. The Hall–Kier alpha value is -3.15. The van der Waals surface area contributed by atoms with Crippen LogP contribution in [0, 0.1) is 19.8 Å². The first kappa shape index (κ1) is 19.2. The molecule has 1 aromatic carbocycles. The largest absolute Gasteiger partial charge is 0.469 e. The number of methoxy groups -OCH3 is 1. The van der Waals surface area contributed by atoms with E-state index in [0.29, 0.717) is 37.3 Å². The Bertz CT molecular complexity index is 1060. The van der Waals surface area contributed by atoms with Gasteiger partial charge in [0.15, 0.2) is 0 Å². The Morgan fingerprint density at radius 3 is 2.31 bits per heavy atom. The number of aryl methyl sites for hydroxylation is 2. The number of likely N-dealkylation sites (tertiary alicyclic amines) is 1.